The number of nitrogens with one attached hydrogen (secondary N) is 1. The fraction of sp³-hybridized carbons (Fsp3) is 0.526. The molecule has 1 aromatic rings. The van der Waals surface area contributed by atoms with Crippen LogP contribution >= 0.6 is 0 Å². The van der Waals surface area contributed by atoms with E-state index in [2.05, 4.69) is 5.32 Å². The van der Waals surface area contributed by atoms with E-state index in [0.717, 1.165) is 29.1 Å². The lowest BCUT2D eigenvalue weighted by Gasteiger charge is -2.43. The van der Waals surface area contributed by atoms with Gasteiger partial charge in [0.25, 0.3) is 0 Å². The van der Waals surface area contributed by atoms with E-state index in [0.29, 0.717) is 0 Å². The van der Waals surface area contributed by atoms with Gasteiger partial charge in [0.05, 0.1) is 0 Å². The van der Waals surface area contributed by atoms with Gasteiger partial charge in [-0.25, -0.2) is 4.79 Å². The van der Waals surface area contributed by atoms with Crippen molar-refractivity contribution in [3.05, 3.63) is 35.4 Å². The molecule has 0 aromatic heterocycles. The maximum Gasteiger partial charge on any atom is 0.331 e. The van der Waals surface area contributed by atoms with Crippen molar-refractivity contribution in [2.24, 2.45) is 0 Å². The van der Waals surface area contributed by atoms with Crippen LogP contribution in [-0.2, 0) is 14.3 Å². The fourth-order valence-electron chi connectivity index (χ4n) is 2.90. The molecule has 132 valence electrons. The van der Waals surface area contributed by atoms with Crippen molar-refractivity contribution in [2.45, 2.75) is 52.4 Å². The minimum absolute atomic E-state index is 0.384. The molecule has 0 spiro atoms. The lowest BCUT2D eigenvalue weighted by atomic mass is 9.88. The van der Waals surface area contributed by atoms with Gasteiger partial charge in [-0.2, -0.15) is 0 Å². The summed E-state index contributed by atoms with van der Waals surface area (Å²) < 4.78 is 17.5. The average Bonchev–Trinajstić information content (AvgIpc) is 2.48. The Morgan fingerprint density at radius 2 is 2.08 bits per heavy atom. The molecule has 0 saturated carbocycles. The topological polar surface area (TPSA) is 56.8 Å². The SMILES string of the molecule is CCNc1ccc2c(c1)C(OC)C(OC(=O)C=C(C)C)C(C)(C)O2. The van der Waals surface area contributed by atoms with Crippen molar-refractivity contribution in [1.82, 2.24) is 0 Å². The number of carbonyl (C=O) groups excluding carboxylic acids is 1. The van der Waals surface area contributed by atoms with Gasteiger partial charge in [-0.15, -0.1) is 0 Å². The quantitative estimate of drug-likeness (QED) is 0.655. The van der Waals surface area contributed by atoms with Crippen LogP contribution in [0.25, 0.3) is 0 Å². The minimum atomic E-state index is -0.696. The molecule has 0 bridgehead atoms. The van der Waals surface area contributed by atoms with E-state index in [9.17, 15) is 4.79 Å². The summed E-state index contributed by atoms with van der Waals surface area (Å²) in [7, 11) is 1.62. The van der Waals surface area contributed by atoms with Crippen molar-refractivity contribution in [2.75, 3.05) is 19.0 Å². The molecule has 0 fully saturated rings. The summed E-state index contributed by atoms with van der Waals surface area (Å²) in [6, 6.07) is 5.89. The van der Waals surface area contributed by atoms with Crippen molar-refractivity contribution in [1.29, 1.82) is 0 Å². The Morgan fingerprint density at radius 3 is 2.67 bits per heavy atom. The number of allylic oxidation sites excluding steroid dienone is 1. The fourth-order valence-corrected chi connectivity index (χ4v) is 2.90. The van der Waals surface area contributed by atoms with Crippen LogP contribution in [0.1, 0.15) is 46.3 Å². The molecule has 5 heteroatoms. The number of methoxy groups -OCH3 is 1. The maximum absolute atomic E-state index is 12.1. The average molecular weight is 333 g/mol. The van der Waals surface area contributed by atoms with Crippen molar-refractivity contribution in [3.63, 3.8) is 0 Å². The maximum atomic E-state index is 12.1. The lowest BCUT2D eigenvalue weighted by Crippen LogP contribution is -2.51. The standard InChI is InChI=1S/C19H27NO4/c1-7-20-13-8-9-15-14(11-13)17(22-6)18(19(4,5)24-15)23-16(21)10-12(2)3/h8-11,17-18,20H,7H2,1-6H3. The number of carbonyl (C=O) groups is 1. The summed E-state index contributed by atoms with van der Waals surface area (Å²) in [5.74, 6) is 0.369. The number of hydrogen-bond donors (Lipinski definition) is 1. The lowest BCUT2D eigenvalue weighted by molar-refractivity contribution is -0.175. The Hall–Kier alpha value is -2.01. The Morgan fingerprint density at radius 1 is 1.38 bits per heavy atom. The van der Waals surface area contributed by atoms with Gasteiger partial charge in [0.1, 0.15) is 17.5 Å². The van der Waals surface area contributed by atoms with Gasteiger partial charge in [0, 0.05) is 31.0 Å². The molecule has 24 heavy (non-hydrogen) atoms. The van der Waals surface area contributed by atoms with E-state index in [1.54, 1.807) is 7.11 Å². The Balaban J connectivity index is 2.39. The minimum Gasteiger partial charge on any atom is -0.483 e. The van der Waals surface area contributed by atoms with Crippen LogP contribution in [0.3, 0.4) is 0 Å². The molecule has 1 N–H and O–H groups in total. The predicted octanol–water partition coefficient (Wildman–Crippen LogP) is 3.85. The molecule has 1 heterocycles. The van der Waals surface area contributed by atoms with Crippen molar-refractivity contribution in [3.8, 4) is 5.75 Å². The number of esters is 1. The number of benzene rings is 1. The summed E-state index contributed by atoms with van der Waals surface area (Å²) in [6.07, 6.45) is 0.541. The Labute approximate surface area is 144 Å². The van der Waals surface area contributed by atoms with E-state index in [1.165, 1.54) is 6.08 Å². The van der Waals surface area contributed by atoms with Crippen LogP contribution in [0.4, 0.5) is 5.69 Å². The smallest absolute Gasteiger partial charge is 0.331 e. The van der Waals surface area contributed by atoms with E-state index >= 15 is 0 Å². The molecule has 1 aliphatic rings. The monoisotopic (exact) mass is 333 g/mol. The molecule has 5 nitrogen and oxygen atoms in total. The van der Waals surface area contributed by atoms with E-state index in [4.69, 9.17) is 14.2 Å². The number of anilines is 1. The highest BCUT2D eigenvalue weighted by Crippen LogP contribution is 2.44. The van der Waals surface area contributed by atoms with Crippen LogP contribution in [0.15, 0.2) is 29.8 Å². The largest absolute Gasteiger partial charge is 0.483 e. The van der Waals surface area contributed by atoms with Crippen LogP contribution in [0, 0.1) is 0 Å². The summed E-state index contributed by atoms with van der Waals surface area (Å²) >= 11 is 0. The molecule has 0 saturated heterocycles. The first-order chi connectivity index (χ1) is 11.3. The molecular formula is C19H27NO4. The molecule has 0 radical (unpaired) electrons. The van der Waals surface area contributed by atoms with Crippen LogP contribution in [0.2, 0.25) is 0 Å². The number of hydrogen-bond acceptors (Lipinski definition) is 5. The normalized spacial score (nSPS) is 21.2. The molecule has 1 aliphatic heterocycles. The second-order valence-corrected chi connectivity index (χ2v) is 6.72. The molecule has 2 rings (SSSR count). The molecular weight excluding hydrogens is 306 g/mol. The summed E-state index contributed by atoms with van der Waals surface area (Å²) in [4.78, 5) is 12.1. The highest BCUT2D eigenvalue weighted by molar-refractivity contribution is 5.83. The van der Waals surface area contributed by atoms with Gasteiger partial charge in [-0.3, -0.25) is 0 Å². The third kappa shape index (κ3) is 3.90. The summed E-state index contributed by atoms with van der Waals surface area (Å²) in [6.45, 7) is 10.4. The predicted molar refractivity (Wildman–Crippen MR) is 94.4 cm³/mol. The molecule has 0 amide bonds. The summed E-state index contributed by atoms with van der Waals surface area (Å²) in [5.41, 5.74) is 2.05. The highest BCUT2D eigenvalue weighted by atomic mass is 16.6. The summed E-state index contributed by atoms with van der Waals surface area (Å²) in [5, 5.41) is 3.28. The zero-order valence-corrected chi connectivity index (χ0v) is 15.3. The van der Waals surface area contributed by atoms with Gasteiger partial charge in [0.15, 0.2) is 6.10 Å². The van der Waals surface area contributed by atoms with Gasteiger partial charge >= 0.3 is 5.97 Å². The van der Waals surface area contributed by atoms with Crippen molar-refractivity contribution >= 4 is 11.7 Å². The van der Waals surface area contributed by atoms with Gasteiger partial charge in [-0.05, 0) is 52.8 Å². The second kappa shape index (κ2) is 7.26. The molecule has 2 atom stereocenters. The third-order valence-electron chi connectivity index (χ3n) is 3.93. The second-order valence-electron chi connectivity index (χ2n) is 6.72. The first-order valence-electron chi connectivity index (χ1n) is 8.23. The van der Waals surface area contributed by atoms with E-state index < -0.39 is 17.8 Å². The zero-order valence-electron chi connectivity index (χ0n) is 15.3. The van der Waals surface area contributed by atoms with Gasteiger partial charge < -0.3 is 19.5 Å². The van der Waals surface area contributed by atoms with Crippen LogP contribution in [-0.4, -0.2) is 31.3 Å². The van der Waals surface area contributed by atoms with Crippen molar-refractivity contribution < 1.29 is 19.0 Å². The first-order valence-corrected chi connectivity index (χ1v) is 8.23. The van der Waals surface area contributed by atoms with Gasteiger partial charge in [0.2, 0.25) is 0 Å². The Bertz CT molecular complexity index is 632. The van der Waals surface area contributed by atoms with Crippen LogP contribution < -0.4 is 10.1 Å². The van der Waals surface area contributed by atoms with E-state index in [-0.39, 0.29) is 5.97 Å². The Kier molecular flexibility index (Phi) is 5.54. The first kappa shape index (κ1) is 18.3. The van der Waals surface area contributed by atoms with Crippen LogP contribution in [0.5, 0.6) is 5.75 Å². The molecule has 1 aromatic carbocycles. The van der Waals surface area contributed by atoms with E-state index in [1.807, 2.05) is 52.8 Å². The number of fused-ring (bicyclic) bond motifs is 1. The highest BCUT2D eigenvalue weighted by Gasteiger charge is 2.46. The number of rotatable bonds is 5. The van der Waals surface area contributed by atoms with Gasteiger partial charge in [-0.1, -0.05) is 5.57 Å². The third-order valence-corrected chi connectivity index (χ3v) is 3.93. The molecule has 0 aliphatic carbocycles. The number of ether oxygens (including phenoxy) is 3. The molecule has 2 unspecified atom stereocenters. The zero-order chi connectivity index (χ0) is 17.9.